The molecule has 0 saturated carbocycles. The Bertz CT molecular complexity index is 1150. The molecule has 10 nitrogen and oxygen atoms in total. The van der Waals surface area contributed by atoms with Gasteiger partial charge in [-0.05, 0) is 100 Å². The van der Waals surface area contributed by atoms with Gasteiger partial charge in [0.25, 0.3) is 11.8 Å². The summed E-state index contributed by atoms with van der Waals surface area (Å²) < 4.78 is 11.6. The topological polar surface area (TPSA) is 151 Å². The van der Waals surface area contributed by atoms with Crippen molar-refractivity contribution in [2.45, 2.75) is 65.0 Å². The van der Waals surface area contributed by atoms with Gasteiger partial charge in [-0.3, -0.25) is 9.59 Å². The van der Waals surface area contributed by atoms with Crippen molar-refractivity contribution in [3.05, 3.63) is 46.5 Å². The quantitative estimate of drug-likeness (QED) is 0.158. The van der Waals surface area contributed by atoms with Crippen LogP contribution < -0.4 is 10.6 Å². The van der Waals surface area contributed by atoms with E-state index in [2.05, 4.69) is 36.8 Å². The number of hydrogen-bond acceptors (Lipinski definition) is 6. The zero-order chi connectivity index (χ0) is 30.1. The molecule has 0 unspecified atom stereocenters. The average Bonchev–Trinajstić information content (AvgIpc) is 2.87. The summed E-state index contributed by atoms with van der Waals surface area (Å²) in [6, 6.07) is 7.00. The highest BCUT2D eigenvalue weighted by molar-refractivity contribution is 6.71. The van der Waals surface area contributed by atoms with Crippen LogP contribution in [0.1, 0.15) is 68.1 Å². The van der Waals surface area contributed by atoms with E-state index in [0.29, 0.717) is 49.9 Å². The number of aromatic carboxylic acids is 2. The second-order valence-electron chi connectivity index (χ2n) is 10.9. The normalized spacial score (nSPS) is 11.8. The molecule has 2 aromatic rings. The van der Waals surface area contributed by atoms with Crippen LogP contribution in [0.3, 0.4) is 0 Å². The molecular formula is C28H42N2O8Si2. The lowest BCUT2D eigenvalue weighted by atomic mass is 9.95. The molecule has 0 aliphatic rings. The highest BCUT2D eigenvalue weighted by atomic mass is 28.4. The van der Waals surface area contributed by atoms with E-state index in [-0.39, 0.29) is 22.3 Å². The first-order valence-electron chi connectivity index (χ1n) is 13.6. The van der Waals surface area contributed by atoms with Gasteiger partial charge in [0.2, 0.25) is 0 Å². The van der Waals surface area contributed by atoms with Crippen LogP contribution in [0.15, 0.2) is 24.3 Å². The lowest BCUT2D eigenvalue weighted by Gasteiger charge is -2.21. The Morgan fingerprint density at radius 2 is 0.975 bits per heavy atom. The Morgan fingerprint density at radius 1 is 0.650 bits per heavy atom. The molecule has 0 saturated heterocycles. The molecule has 0 aliphatic heterocycles. The number of amides is 2. The predicted octanol–water partition coefficient (Wildman–Crippen LogP) is 4.96. The van der Waals surface area contributed by atoms with Crippen molar-refractivity contribution >= 4 is 51.2 Å². The maximum Gasteiger partial charge on any atom is 0.336 e. The molecule has 4 N–H and O–H groups in total. The van der Waals surface area contributed by atoms with Crippen LogP contribution in [-0.4, -0.2) is 76.9 Å². The molecule has 0 spiro atoms. The van der Waals surface area contributed by atoms with Crippen molar-refractivity contribution in [1.82, 2.24) is 10.6 Å². The molecule has 0 radical (unpaired) electrons. The lowest BCUT2D eigenvalue weighted by Crippen LogP contribution is -2.33. The number of rotatable bonds is 16. The van der Waals surface area contributed by atoms with Gasteiger partial charge in [-0.1, -0.05) is 0 Å². The predicted molar refractivity (Wildman–Crippen MR) is 160 cm³/mol. The van der Waals surface area contributed by atoms with E-state index in [1.54, 1.807) is 0 Å². The zero-order valence-electron chi connectivity index (χ0n) is 24.3. The molecule has 0 fully saturated rings. The van der Waals surface area contributed by atoms with Gasteiger partial charge in [-0.15, -0.1) is 0 Å². The summed E-state index contributed by atoms with van der Waals surface area (Å²) in [5, 5.41) is 25.8. The number of carboxylic acids is 2. The molecule has 0 heterocycles. The Balaban J connectivity index is 2.27. The Morgan fingerprint density at radius 3 is 1.27 bits per heavy atom. The van der Waals surface area contributed by atoms with Gasteiger partial charge in [-0.25, -0.2) is 9.59 Å². The van der Waals surface area contributed by atoms with Crippen LogP contribution >= 0.6 is 0 Å². The Kier molecular flexibility index (Phi) is 12.0. The summed E-state index contributed by atoms with van der Waals surface area (Å²) in [6.07, 6.45) is 1.38. The van der Waals surface area contributed by atoms with Gasteiger partial charge in [0, 0.05) is 26.3 Å². The lowest BCUT2D eigenvalue weighted by molar-refractivity contribution is 0.0682. The third kappa shape index (κ3) is 9.54. The van der Waals surface area contributed by atoms with E-state index in [1.807, 2.05) is 13.8 Å². The number of carbonyl (C=O) groups excluding carboxylic acids is 2. The van der Waals surface area contributed by atoms with E-state index in [4.69, 9.17) is 8.85 Å². The second-order valence-corrected chi connectivity index (χ2v) is 19.5. The molecule has 2 aromatic carbocycles. The van der Waals surface area contributed by atoms with Crippen molar-refractivity contribution in [2.24, 2.45) is 0 Å². The van der Waals surface area contributed by atoms with Crippen molar-refractivity contribution in [3.63, 3.8) is 0 Å². The number of nitrogens with one attached hydrogen (secondary N) is 2. The number of carboxylic acid groups (broad SMARTS) is 2. The molecule has 40 heavy (non-hydrogen) atoms. The molecule has 12 heteroatoms. The Labute approximate surface area is 237 Å². The molecule has 2 amide bonds. The fourth-order valence-electron chi connectivity index (χ4n) is 4.63. The monoisotopic (exact) mass is 590 g/mol. The van der Waals surface area contributed by atoms with Crippen molar-refractivity contribution < 1.29 is 38.2 Å². The fourth-order valence-corrected chi connectivity index (χ4v) is 8.54. The van der Waals surface area contributed by atoms with E-state index in [0.717, 1.165) is 12.1 Å². The van der Waals surface area contributed by atoms with Crippen molar-refractivity contribution in [1.29, 1.82) is 0 Å². The van der Waals surface area contributed by atoms with E-state index in [1.165, 1.54) is 24.3 Å². The van der Waals surface area contributed by atoms with Crippen molar-refractivity contribution in [2.75, 3.05) is 26.3 Å². The van der Waals surface area contributed by atoms with E-state index < -0.39 is 40.4 Å². The SMILES string of the molecule is CCO[Si](C)(C)CCCNC(=O)c1cc2cc(C(=O)O)c(C(=O)NCCC[Si](C)(C)OCC)cc2cc1C(=O)O. The minimum Gasteiger partial charge on any atom is -0.478 e. The summed E-state index contributed by atoms with van der Waals surface area (Å²) in [4.78, 5) is 49.9. The van der Waals surface area contributed by atoms with Gasteiger partial charge < -0.3 is 29.7 Å². The maximum absolute atomic E-state index is 12.9. The van der Waals surface area contributed by atoms with Crippen LogP contribution in [0.4, 0.5) is 0 Å². The van der Waals surface area contributed by atoms with Gasteiger partial charge in [0.05, 0.1) is 22.3 Å². The Hall–Kier alpha value is -3.07. The van der Waals surface area contributed by atoms with Crippen LogP contribution in [0.5, 0.6) is 0 Å². The molecular weight excluding hydrogens is 548 g/mol. The highest BCUT2D eigenvalue weighted by Crippen LogP contribution is 2.25. The van der Waals surface area contributed by atoms with E-state index in [9.17, 15) is 29.4 Å². The third-order valence-corrected chi connectivity index (χ3v) is 11.9. The average molecular weight is 591 g/mol. The van der Waals surface area contributed by atoms with Crippen LogP contribution in [0, 0.1) is 0 Å². The van der Waals surface area contributed by atoms with Gasteiger partial charge in [0.15, 0.2) is 16.6 Å². The maximum atomic E-state index is 12.9. The smallest absolute Gasteiger partial charge is 0.336 e. The molecule has 220 valence electrons. The summed E-state index contributed by atoms with van der Waals surface area (Å²) in [5.74, 6) is -3.72. The molecule has 0 aliphatic carbocycles. The molecule has 0 bridgehead atoms. The summed E-state index contributed by atoms with van der Waals surface area (Å²) in [7, 11) is -3.62. The number of hydrogen-bond donors (Lipinski definition) is 4. The van der Waals surface area contributed by atoms with Crippen LogP contribution in [0.2, 0.25) is 38.3 Å². The minimum atomic E-state index is -1.81. The summed E-state index contributed by atoms with van der Waals surface area (Å²) >= 11 is 0. The van der Waals surface area contributed by atoms with Crippen LogP contribution in [0.25, 0.3) is 10.8 Å². The number of fused-ring (bicyclic) bond motifs is 1. The summed E-state index contributed by atoms with van der Waals surface area (Å²) in [6.45, 7) is 14.3. The van der Waals surface area contributed by atoms with Gasteiger partial charge in [0.1, 0.15) is 0 Å². The number of carbonyl (C=O) groups is 4. The fraction of sp³-hybridized carbons (Fsp3) is 0.500. The molecule has 0 atom stereocenters. The first-order chi connectivity index (χ1) is 18.7. The first-order valence-corrected chi connectivity index (χ1v) is 19.9. The largest absolute Gasteiger partial charge is 0.478 e. The highest BCUT2D eigenvalue weighted by Gasteiger charge is 2.24. The zero-order valence-corrected chi connectivity index (χ0v) is 26.3. The first kappa shape index (κ1) is 33.1. The summed E-state index contributed by atoms with van der Waals surface area (Å²) in [5.41, 5.74) is -0.606. The van der Waals surface area contributed by atoms with E-state index >= 15 is 0 Å². The second kappa shape index (κ2) is 14.5. The molecule has 0 aromatic heterocycles. The van der Waals surface area contributed by atoms with Gasteiger partial charge in [-0.2, -0.15) is 0 Å². The molecule has 2 rings (SSSR count). The third-order valence-electron chi connectivity index (χ3n) is 6.62. The van der Waals surface area contributed by atoms with Crippen LogP contribution in [-0.2, 0) is 8.85 Å². The minimum absolute atomic E-state index is 0.0732. The number of benzene rings is 2. The standard InChI is InChI=1S/C28H42N2O8Si2/c1-7-37-39(3,4)13-9-11-29-25(31)21-15-19-18-24(28(35)36)22(16-20(19)17-23(21)27(33)34)26(32)30-12-10-14-40(5,6)38-8-2/h15-18H,7-14H2,1-6H3,(H,29,31)(H,30,32)(H,33,34)(H,35,36). The van der Waals surface area contributed by atoms with Gasteiger partial charge >= 0.3 is 11.9 Å². The van der Waals surface area contributed by atoms with Crippen molar-refractivity contribution in [3.8, 4) is 0 Å².